The van der Waals surface area contributed by atoms with Gasteiger partial charge in [-0.2, -0.15) is 0 Å². The highest BCUT2D eigenvalue weighted by Gasteiger charge is 2.31. The first-order valence-corrected chi connectivity index (χ1v) is 7.75. The van der Waals surface area contributed by atoms with Crippen molar-refractivity contribution >= 4 is 11.8 Å². The number of hydrogen-bond acceptors (Lipinski definition) is 3. The van der Waals surface area contributed by atoms with E-state index in [1.54, 1.807) is 0 Å². The Morgan fingerprint density at radius 1 is 1.30 bits per heavy atom. The fraction of sp³-hybridized carbons (Fsp3) is 0.867. The van der Waals surface area contributed by atoms with Gasteiger partial charge in [-0.3, -0.25) is 9.59 Å². The van der Waals surface area contributed by atoms with Crippen molar-refractivity contribution < 1.29 is 9.59 Å². The van der Waals surface area contributed by atoms with Crippen LogP contribution in [0.1, 0.15) is 34.1 Å². The van der Waals surface area contributed by atoms with Crippen LogP contribution in [0.3, 0.4) is 0 Å². The lowest BCUT2D eigenvalue weighted by Crippen LogP contribution is -2.43. The predicted octanol–water partition coefficient (Wildman–Crippen LogP) is 0.949. The van der Waals surface area contributed by atoms with E-state index in [0.29, 0.717) is 18.9 Å². The van der Waals surface area contributed by atoms with Crippen molar-refractivity contribution in [1.29, 1.82) is 0 Å². The van der Waals surface area contributed by atoms with Gasteiger partial charge < -0.3 is 15.1 Å². The van der Waals surface area contributed by atoms with Gasteiger partial charge in [0.2, 0.25) is 11.8 Å². The molecule has 1 atom stereocenters. The van der Waals surface area contributed by atoms with Crippen LogP contribution in [0.15, 0.2) is 0 Å². The number of amides is 2. The summed E-state index contributed by atoms with van der Waals surface area (Å²) in [7, 11) is 0. The van der Waals surface area contributed by atoms with Crippen LogP contribution in [0.4, 0.5) is 0 Å². The number of nitrogens with one attached hydrogen (secondary N) is 1. The van der Waals surface area contributed by atoms with E-state index in [0.717, 1.165) is 32.7 Å². The van der Waals surface area contributed by atoms with E-state index in [9.17, 15) is 9.59 Å². The molecule has 0 aromatic heterocycles. The smallest absolute Gasteiger partial charge is 0.228 e. The summed E-state index contributed by atoms with van der Waals surface area (Å²) in [6.45, 7) is 13.4. The van der Waals surface area contributed by atoms with E-state index in [4.69, 9.17) is 0 Å². The largest absolute Gasteiger partial charge is 0.355 e. The molecule has 1 aliphatic rings. The Labute approximate surface area is 122 Å². The van der Waals surface area contributed by atoms with Gasteiger partial charge in [-0.05, 0) is 19.0 Å². The molecule has 1 N–H and O–H groups in total. The van der Waals surface area contributed by atoms with Crippen LogP contribution in [0.2, 0.25) is 0 Å². The lowest BCUT2D eigenvalue weighted by atomic mass is 10.1. The molecule has 0 saturated carbocycles. The van der Waals surface area contributed by atoms with Gasteiger partial charge in [0, 0.05) is 32.6 Å². The third kappa shape index (κ3) is 5.12. The molecule has 0 radical (unpaired) electrons. The van der Waals surface area contributed by atoms with Gasteiger partial charge in [-0.15, -0.1) is 0 Å². The SMILES string of the molecule is CCN(CC)CCN(CC(C)C)C(=O)C1CNC(=O)C1. The molecule has 1 aliphatic heterocycles. The molecule has 0 spiro atoms. The molecule has 1 rings (SSSR count). The number of likely N-dealkylation sites (N-methyl/N-ethyl adjacent to an activating group) is 1. The Morgan fingerprint density at radius 2 is 1.95 bits per heavy atom. The second-order valence-electron chi connectivity index (χ2n) is 5.91. The zero-order valence-electron chi connectivity index (χ0n) is 13.3. The van der Waals surface area contributed by atoms with Crippen LogP contribution in [-0.2, 0) is 9.59 Å². The lowest BCUT2D eigenvalue weighted by molar-refractivity contribution is -0.136. The molecule has 1 heterocycles. The maximum atomic E-state index is 12.5. The molecule has 2 amide bonds. The minimum absolute atomic E-state index is 0.00316. The van der Waals surface area contributed by atoms with Crippen molar-refractivity contribution in [3.63, 3.8) is 0 Å². The van der Waals surface area contributed by atoms with Crippen molar-refractivity contribution in [3.05, 3.63) is 0 Å². The molecule has 20 heavy (non-hydrogen) atoms. The maximum absolute atomic E-state index is 12.5. The second-order valence-corrected chi connectivity index (χ2v) is 5.91. The minimum Gasteiger partial charge on any atom is -0.355 e. The number of carbonyl (C=O) groups excluding carboxylic acids is 2. The number of nitrogens with zero attached hydrogens (tertiary/aromatic N) is 2. The van der Waals surface area contributed by atoms with Crippen LogP contribution in [0, 0.1) is 11.8 Å². The number of rotatable bonds is 8. The highest BCUT2D eigenvalue weighted by molar-refractivity contribution is 5.89. The highest BCUT2D eigenvalue weighted by atomic mass is 16.2. The van der Waals surface area contributed by atoms with Crippen LogP contribution < -0.4 is 5.32 Å². The summed E-state index contributed by atoms with van der Waals surface area (Å²) in [4.78, 5) is 28.1. The highest BCUT2D eigenvalue weighted by Crippen LogP contribution is 2.14. The molecule has 5 heteroatoms. The molecular weight excluding hydrogens is 254 g/mol. The van der Waals surface area contributed by atoms with E-state index in [1.807, 2.05) is 4.90 Å². The van der Waals surface area contributed by atoms with E-state index < -0.39 is 0 Å². The Balaban J connectivity index is 2.58. The van der Waals surface area contributed by atoms with Crippen molar-refractivity contribution in [2.24, 2.45) is 11.8 Å². The molecule has 0 aliphatic carbocycles. The summed E-state index contributed by atoms with van der Waals surface area (Å²) in [5, 5.41) is 2.75. The van der Waals surface area contributed by atoms with Gasteiger partial charge in [0.05, 0.1) is 5.92 Å². The Bertz CT molecular complexity index is 327. The quantitative estimate of drug-likeness (QED) is 0.721. The fourth-order valence-corrected chi connectivity index (χ4v) is 2.57. The predicted molar refractivity (Wildman–Crippen MR) is 80.3 cm³/mol. The maximum Gasteiger partial charge on any atom is 0.228 e. The molecule has 0 aromatic carbocycles. The summed E-state index contributed by atoms with van der Waals surface area (Å²) in [6.07, 6.45) is 0.346. The van der Waals surface area contributed by atoms with Gasteiger partial charge >= 0.3 is 0 Å². The summed E-state index contributed by atoms with van der Waals surface area (Å²) < 4.78 is 0. The van der Waals surface area contributed by atoms with E-state index in [-0.39, 0.29) is 17.7 Å². The molecule has 1 saturated heterocycles. The number of carbonyl (C=O) groups is 2. The number of hydrogen-bond donors (Lipinski definition) is 1. The van der Waals surface area contributed by atoms with Gasteiger partial charge in [0.15, 0.2) is 0 Å². The van der Waals surface area contributed by atoms with Gasteiger partial charge in [0.1, 0.15) is 0 Å². The van der Waals surface area contributed by atoms with Crippen LogP contribution in [0.25, 0.3) is 0 Å². The summed E-state index contributed by atoms with van der Waals surface area (Å²) in [5.74, 6) is 0.402. The normalized spacial score (nSPS) is 18.7. The topological polar surface area (TPSA) is 52.6 Å². The first-order valence-electron chi connectivity index (χ1n) is 7.75. The van der Waals surface area contributed by atoms with Crippen molar-refractivity contribution in [2.75, 3.05) is 39.3 Å². The molecule has 0 bridgehead atoms. The molecule has 5 nitrogen and oxygen atoms in total. The fourth-order valence-electron chi connectivity index (χ4n) is 2.57. The van der Waals surface area contributed by atoms with Crippen molar-refractivity contribution in [3.8, 4) is 0 Å². The standard InChI is InChI=1S/C15H29N3O2/c1-5-17(6-2)7-8-18(11-12(3)4)15(20)13-9-14(19)16-10-13/h12-13H,5-11H2,1-4H3,(H,16,19). The average molecular weight is 283 g/mol. The third-order valence-electron chi connectivity index (χ3n) is 3.80. The van der Waals surface area contributed by atoms with Crippen LogP contribution >= 0.6 is 0 Å². The van der Waals surface area contributed by atoms with Crippen molar-refractivity contribution in [2.45, 2.75) is 34.1 Å². The Kier molecular flexibility index (Phi) is 6.99. The average Bonchev–Trinajstić information content (AvgIpc) is 2.84. The minimum atomic E-state index is -0.169. The first-order chi connectivity index (χ1) is 9.47. The van der Waals surface area contributed by atoms with Crippen molar-refractivity contribution in [1.82, 2.24) is 15.1 Å². The Morgan fingerprint density at radius 3 is 2.40 bits per heavy atom. The van der Waals surface area contributed by atoms with Crippen LogP contribution in [0.5, 0.6) is 0 Å². The van der Waals surface area contributed by atoms with Gasteiger partial charge in [-0.25, -0.2) is 0 Å². The summed E-state index contributed by atoms with van der Waals surface area (Å²) in [6, 6.07) is 0. The first kappa shape index (κ1) is 17.0. The monoisotopic (exact) mass is 283 g/mol. The molecule has 116 valence electrons. The molecule has 1 unspecified atom stereocenters. The molecule has 1 fully saturated rings. The molecular formula is C15H29N3O2. The Hall–Kier alpha value is -1.10. The lowest BCUT2D eigenvalue weighted by Gasteiger charge is -2.29. The summed E-state index contributed by atoms with van der Waals surface area (Å²) >= 11 is 0. The molecule has 0 aromatic rings. The summed E-state index contributed by atoms with van der Waals surface area (Å²) in [5.41, 5.74) is 0. The third-order valence-corrected chi connectivity index (χ3v) is 3.80. The van der Waals surface area contributed by atoms with Gasteiger partial charge in [-0.1, -0.05) is 27.7 Å². The van der Waals surface area contributed by atoms with Gasteiger partial charge in [0.25, 0.3) is 0 Å². The zero-order chi connectivity index (χ0) is 15.1. The van der Waals surface area contributed by atoms with E-state index in [2.05, 4.69) is 37.9 Å². The zero-order valence-corrected chi connectivity index (χ0v) is 13.3. The van der Waals surface area contributed by atoms with Crippen LogP contribution in [-0.4, -0.2) is 60.9 Å². The second kappa shape index (κ2) is 8.25. The van der Waals surface area contributed by atoms with E-state index in [1.165, 1.54) is 0 Å². The van der Waals surface area contributed by atoms with E-state index >= 15 is 0 Å².